The van der Waals surface area contributed by atoms with Crippen LogP contribution >= 0.6 is 11.8 Å². The minimum atomic E-state index is -0.191. The molecule has 0 unspecified atom stereocenters. The van der Waals surface area contributed by atoms with Crippen molar-refractivity contribution >= 4 is 17.7 Å². The van der Waals surface area contributed by atoms with Crippen LogP contribution in [-0.2, 0) is 17.0 Å². The molecule has 0 atom stereocenters. The summed E-state index contributed by atoms with van der Waals surface area (Å²) < 4.78 is 19.1. The highest BCUT2D eigenvalue weighted by molar-refractivity contribution is 7.98. The number of nitrogens with one attached hydrogen (secondary N) is 1. The van der Waals surface area contributed by atoms with Crippen LogP contribution < -0.4 is 5.32 Å². The van der Waals surface area contributed by atoms with Gasteiger partial charge in [0.15, 0.2) is 0 Å². The predicted molar refractivity (Wildman–Crippen MR) is 104 cm³/mol. The van der Waals surface area contributed by atoms with Gasteiger partial charge >= 0.3 is 0 Å². The predicted octanol–water partition coefficient (Wildman–Crippen LogP) is 3.86. The van der Waals surface area contributed by atoms with Gasteiger partial charge in [-0.05, 0) is 23.8 Å². The first-order valence-electron chi connectivity index (χ1n) is 8.68. The highest BCUT2D eigenvalue weighted by atomic mass is 32.2. The lowest BCUT2D eigenvalue weighted by Crippen LogP contribution is -2.26. The minimum absolute atomic E-state index is 0.0686. The Morgan fingerprint density at radius 1 is 1.07 bits per heavy atom. The van der Waals surface area contributed by atoms with Gasteiger partial charge < -0.3 is 9.73 Å². The zero-order chi connectivity index (χ0) is 18.9. The number of carbonyl (C=O) groups excluding carboxylic acids is 1. The molecule has 140 valence electrons. The van der Waals surface area contributed by atoms with E-state index >= 15 is 0 Å². The summed E-state index contributed by atoms with van der Waals surface area (Å²) in [6.07, 6.45) is 0.683. The normalized spacial score (nSPS) is 10.7. The number of aryl methyl sites for hydroxylation is 1. The van der Waals surface area contributed by atoms with Crippen molar-refractivity contribution in [2.45, 2.75) is 18.6 Å². The second-order valence-electron chi connectivity index (χ2n) is 5.86. The highest BCUT2D eigenvalue weighted by Crippen LogP contribution is 2.17. The van der Waals surface area contributed by atoms with Crippen molar-refractivity contribution in [1.29, 1.82) is 0 Å². The molecule has 0 aliphatic heterocycles. The van der Waals surface area contributed by atoms with Gasteiger partial charge in [0, 0.05) is 36.5 Å². The van der Waals surface area contributed by atoms with Crippen LogP contribution in [0, 0.1) is 5.82 Å². The van der Waals surface area contributed by atoms with E-state index in [4.69, 9.17) is 4.42 Å². The van der Waals surface area contributed by atoms with Crippen LogP contribution in [0.15, 0.2) is 59.0 Å². The van der Waals surface area contributed by atoms with Crippen LogP contribution in [0.25, 0.3) is 11.5 Å². The van der Waals surface area contributed by atoms with Gasteiger partial charge in [-0.15, -0.1) is 10.2 Å². The highest BCUT2D eigenvalue weighted by Gasteiger charge is 2.10. The molecule has 3 rings (SSSR count). The molecule has 5 nitrogen and oxygen atoms in total. The summed E-state index contributed by atoms with van der Waals surface area (Å²) in [5.74, 6) is 1.95. The van der Waals surface area contributed by atoms with E-state index in [1.54, 1.807) is 23.9 Å². The van der Waals surface area contributed by atoms with Gasteiger partial charge in [0.2, 0.25) is 17.7 Å². The molecular weight excluding hydrogens is 365 g/mol. The number of rotatable bonds is 9. The topological polar surface area (TPSA) is 68.0 Å². The fourth-order valence-corrected chi connectivity index (χ4v) is 3.27. The lowest BCUT2D eigenvalue weighted by Gasteiger charge is -2.05. The van der Waals surface area contributed by atoms with Crippen molar-refractivity contribution in [3.8, 4) is 11.5 Å². The van der Waals surface area contributed by atoms with Gasteiger partial charge in [-0.3, -0.25) is 4.79 Å². The summed E-state index contributed by atoms with van der Waals surface area (Å²) in [5, 5.41) is 10.8. The maximum atomic E-state index is 13.5. The van der Waals surface area contributed by atoms with Gasteiger partial charge in [0.05, 0.1) is 0 Å². The standard InChI is InChI=1S/C20H20FN3O2S/c21-17-9-5-4-8-16(17)14-27-13-12-22-18(25)10-11-19-23-24-20(26-19)15-6-2-1-3-7-15/h1-9H,10-14H2,(H,22,25). The first kappa shape index (κ1) is 19.1. The van der Waals surface area contributed by atoms with Gasteiger partial charge in [0.25, 0.3) is 0 Å². The molecule has 1 amide bonds. The Hall–Kier alpha value is -2.67. The lowest BCUT2D eigenvalue weighted by molar-refractivity contribution is -0.121. The van der Waals surface area contributed by atoms with Crippen LogP contribution in [0.4, 0.5) is 4.39 Å². The third-order valence-corrected chi connectivity index (χ3v) is 4.85. The molecule has 0 radical (unpaired) electrons. The SMILES string of the molecule is O=C(CCc1nnc(-c2ccccc2)o1)NCCSCc1ccccc1F. The minimum Gasteiger partial charge on any atom is -0.421 e. The molecule has 2 aromatic carbocycles. The second-order valence-corrected chi connectivity index (χ2v) is 6.97. The maximum absolute atomic E-state index is 13.5. The third kappa shape index (κ3) is 5.92. The van der Waals surface area contributed by atoms with E-state index in [9.17, 15) is 9.18 Å². The monoisotopic (exact) mass is 385 g/mol. The first-order chi connectivity index (χ1) is 13.2. The fourth-order valence-electron chi connectivity index (χ4n) is 2.42. The van der Waals surface area contributed by atoms with E-state index in [2.05, 4.69) is 15.5 Å². The molecular formula is C20H20FN3O2S. The molecule has 0 saturated heterocycles. The second kappa shape index (κ2) is 9.87. The van der Waals surface area contributed by atoms with E-state index < -0.39 is 0 Å². The zero-order valence-corrected chi connectivity index (χ0v) is 15.5. The van der Waals surface area contributed by atoms with Crippen LogP contribution in [0.1, 0.15) is 17.9 Å². The van der Waals surface area contributed by atoms with E-state index in [-0.39, 0.29) is 18.1 Å². The molecule has 7 heteroatoms. The molecule has 0 aliphatic rings. The maximum Gasteiger partial charge on any atom is 0.247 e. The van der Waals surface area contributed by atoms with Crippen molar-refractivity contribution < 1.29 is 13.6 Å². The number of hydrogen-bond acceptors (Lipinski definition) is 5. The number of amides is 1. The summed E-state index contributed by atoms with van der Waals surface area (Å²) in [6.45, 7) is 0.539. The van der Waals surface area contributed by atoms with E-state index in [1.807, 2.05) is 36.4 Å². The van der Waals surface area contributed by atoms with Crippen molar-refractivity contribution in [2.24, 2.45) is 0 Å². The number of carbonyl (C=O) groups is 1. The third-order valence-electron chi connectivity index (χ3n) is 3.84. The van der Waals surface area contributed by atoms with E-state index in [0.717, 1.165) is 11.3 Å². The number of aromatic nitrogens is 2. The van der Waals surface area contributed by atoms with Crippen LogP contribution in [0.5, 0.6) is 0 Å². The van der Waals surface area contributed by atoms with E-state index in [0.29, 0.717) is 36.1 Å². The van der Waals surface area contributed by atoms with Crippen molar-refractivity contribution in [1.82, 2.24) is 15.5 Å². The average Bonchev–Trinajstić information content (AvgIpc) is 3.17. The number of halogens is 1. The van der Waals surface area contributed by atoms with Crippen LogP contribution in [-0.4, -0.2) is 28.4 Å². The molecule has 0 aliphatic carbocycles. The lowest BCUT2D eigenvalue weighted by atomic mass is 10.2. The summed E-state index contributed by atoms with van der Waals surface area (Å²) in [4.78, 5) is 11.9. The molecule has 1 aromatic heterocycles. The zero-order valence-electron chi connectivity index (χ0n) is 14.7. The molecule has 0 saturated carbocycles. The quantitative estimate of drug-likeness (QED) is 0.567. The molecule has 1 heterocycles. The molecule has 3 aromatic rings. The first-order valence-corrected chi connectivity index (χ1v) is 9.83. The van der Waals surface area contributed by atoms with Crippen molar-refractivity contribution in [3.63, 3.8) is 0 Å². The Kier molecular flexibility index (Phi) is 6.98. The van der Waals surface area contributed by atoms with Crippen LogP contribution in [0.3, 0.4) is 0 Å². The largest absolute Gasteiger partial charge is 0.421 e. The van der Waals surface area contributed by atoms with Gasteiger partial charge in [-0.25, -0.2) is 4.39 Å². The molecule has 1 N–H and O–H groups in total. The number of benzene rings is 2. The number of thioether (sulfide) groups is 1. The van der Waals surface area contributed by atoms with Gasteiger partial charge in [-0.1, -0.05) is 36.4 Å². The Balaban J connectivity index is 1.33. The summed E-state index contributed by atoms with van der Waals surface area (Å²) in [5.41, 5.74) is 1.53. The smallest absolute Gasteiger partial charge is 0.247 e. The molecule has 27 heavy (non-hydrogen) atoms. The molecule has 0 spiro atoms. The van der Waals surface area contributed by atoms with Gasteiger partial charge in [0.1, 0.15) is 5.82 Å². The van der Waals surface area contributed by atoms with E-state index in [1.165, 1.54) is 6.07 Å². The molecule has 0 fully saturated rings. The Bertz CT molecular complexity index is 870. The Labute approximate surface area is 161 Å². The number of nitrogens with zero attached hydrogens (tertiary/aromatic N) is 2. The summed E-state index contributed by atoms with van der Waals surface area (Å²) >= 11 is 1.58. The average molecular weight is 385 g/mol. The fraction of sp³-hybridized carbons (Fsp3) is 0.250. The molecule has 0 bridgehead atoms. The Morgan fingerprint density at radius 2 is 1.85 bits per heavy atom. The number of hydrogen-bond donors (Lipinski definition) is 1. The Morgan fingerprint density at radius 3 is 2.67 bits per heavy atom. The van der Waals surface area contributed by atoms with Crippen molar-refractivity contribution in [2.75, 3.05) is 12.3 Å². The van der Waals surface area contributed by atoms with Gasteiger partial charge in [-0.2, -0.15) is 11.8 Å². The summed E-state index contributed by atoms with van der Waals surface area (Å²) in [7, 11) is 0. The van der Waals surface area contributed by atoms with Crippen LogP contribution in [0.2, 0.25) is 0 Å². The van der Waals surface area contributed by atoms with Crippen molar-refractivity contribution in [3.05, 3.63) is 71.9 Å². The summed E-state index contributed by atoms with van der Waals surface area (Å²) in [6, 6.07) is 16.2.